The van der Waals surface area contributed by atoms with Crippen LogP contribution in [0.3, 0.4) is 0 Å². The zero-order chi connectivity index (χ0) is 10.6. The van der Waals surface area contributed by atoms with Crippen LogP contribution in [-0.2, 0) is 11.3 Å². The summed E-state index contributed by atoms with van der Waals surface area (Å²) in [7, 11) is 1.25. The lowest BCUT2D eigenvalue weighted by molar-refractivity contribution is 0.0691. The predicted molar refractivity (Wildman–Crippen MR) is 48.3 cm³/mol. The summed E-state index contributed by atoms with van der Waals surface area (Å²) in [5.74, 6) is -1.08. The molecule has 1 aromatic heterocycles. The van der Waals surface area contributed by atoms with E-state index in [0.717, 1.165) is 0 Å². The molecule has 1 rings (SSSR count). The largest absolute Gasteiger partial charge is 0.476 e. The van der Waals surface area contributed by atoms with E-state index in [1.54, 1.807) is 0 Å². The van der Waals surface area contributed by atoms with Gasteiger partial charge in [0, 0.05) is 5.38 Å². The first kappa shape index (κ1) is 10.5. The molecule has 0 aliphatic carbocycles. The molecule has 1 heterocycles. The molecule has 0 unspecified atom stereocenters. The first-order valence-corrected chi connectivity index (χ1v) is 4.51. The van der Waals surface area contributed by atoms with E-state index in [1.807, 2.05) is 0 Å². The van der Waals surface area contributed by atoms with Gasteiger partial charge in [-0.05, 0) is 0 Å². The Labute approximate surface area is 83.5 Å². The number of hydrogen-bond acceptors (Lipinski definition) is 5. The molecule has 0 aliphatic rings. The van der Waals surface area contributed by atoms with Gasteiger partial charge in [0.1, 0.15) is 5.01 Å². The van der Waals surface area contributed by atoms with Gasteiger partial charge >= 0.3 is 12.1 Å². The molecule has 0 saturated carbocycles. The molecular weight excluding hydrogens is 208 g/mol. The quantitative estimate of drug-likeness (QED) is 0.776. The number of methoxy groups -OCH3 is 1. The molecule has 0 aliphatic heterocycles. The van der Waals surface area contributed by atoms with Crippen molar-refractivity contribution in [1.29, 1.82) is 0 Å². The molecule has 76 valence electrons. The van der Waals surface area contributed by atoms with Gasteiger partial charge in [-0.25, -0.2) is 14.6 Å². The molecule has 1 amide bonds. The highest BCUT2D eigenvalue weighted by Gasteiger charge is 2.08. The van der Waals surface area contributed by atoms with E-state index in [1.165, 1.54) is 23.8 Å². The molecule has 0 radical (unpaired) electrons. The van der Waals surface area contributed by atoms with Crippen molar-refractivity contribution in [3.8, 4) is 0 Å². The molecule has 6 nitrogen and oxygen atoms in total. The van der Waals surface area contributed by atoms with E-state index in [9.17, 15) is 9.59 Å². The summed E-state index contributed by atoms with van der Waals surface area (Å²) in [6.07, 6.45) is -0.572. The second kappa shape index (κ2) is 4.56. The van der Waals surface area contributed by atoms with Gasteiger partial charge in [0.25, 0.3) is 0 Å². The summed E-state index contributed by atoms with van der Waals surface area (Å²) in [5, 5.41) is 12.9. The van der Waals surface area contributed by atoms with E-state index in [4.69, 9.17) is 5.11 Å². The number of aromatic nitrogens is 1. The van der Waals surface area contributed by atoms with Gasteiger partial charge in [-0.1, -0.05) is 0 Å². The predicted octanol–water partition coefficient (Wildman–Crippen LogP) is 0.697. The Bertz CT molecular complexity index is 349. The Morgan fingerprint density at radius 3 is 2.93 bits per heavy atom. The number of carbonyl (C=O) groups is 2. The Morgan fingerprint density at radius 1 is 1.71 bits per heavy atom. The molecule has 0 spiro atoms. The van der Waals surface area contributed by atoms with Crippen LogP contribution in [0, 0.1) is 0 Å². The van der Waals surface area contributed by atoms with Crippen LogP contribution in [0.5, 0.6) is 0 Å². The van der Waals surface area contributed by atoms with Crippen LogP contribution in [0.4, 0.5) is 4.79 Å². The molecule has 1 aromatic rings. The third kappa shape index (κ3) is 2.70. The van der Waals surface area contributed by atoms with Crippen LogP contribution in [0.2, 0.25) is 0 Å². The smallest absolute Gasteiger partial charge is 0.407 e. The van der Waals surface area contributed by atoms with E-state index < -0.39 is 12.1 Å². The number of carboxylic acids is 1. The minimum Gasteiger partial charge on any atom is -0.476 e. The molecular formula is C7H8N2O4S. The monoisotopic (exact) mass is 216 g/mol. The van der Waals surface area contributed by atoms with E-state index in [0.29, 0.717) is 5.01 Å². The van der Waals surface area contributed by atoms with Crippen molar-refractivity contribution in [3.63, 3.8) is 0 Å². The fourth-order valence-corrected chi connectivity index (χ4v) is 1.42. The summed E-state index contributed by atoms with van der Waals surface area (Å²) in [5.41, 5.74) is -0.0170. The Balaban J connectivity index is 2.52. The fourth-order valence-electron chi connectivity index (χ4n) is 0.710. The normalized spacial score (nSPS) is 9.50. The van der Waals surface area contributed by atoms with Gasteiger partial charge in [0.2, 0.25) is 0 Å². The lowest BCUT2D eigenvalue weighted by Crippen LogP contribution is -2.22. The maximum atomic E-state index is 10.7. The number of nitrogens with zero attached hydrogens (tertiary/aromatic N) is 1. The van der Waals surface area contributed by atoms with Crippen LogP contribution >= 0.6 is 11.3 Å². The van der Waals surface area contributed by atoms with Gasteiger partial charge in [-0.15, -0.1) is 11.3 Å². The van der Waals surface area contributed by atoms with Crippen LogP contribution in [0.15, 0.2) is 5.38 Å². The molecule has 0 saturated heterocycles. The molecule has 0 fully saturated rings. The van der Waals surface area contributed by atoms with Crippen molar-refractivity contribution >= 4 is 23.4 Å². The number of nitrogens with one attached hydrogen (secondary N) is 1. The fraction of sp³-hybridized carbons (Fsp3) is 0.286. The number of rotatable bonds is 3. The summed E-state index contributed by atoms with van der Waals surface area (Å²) in [4.78, 5) is 24.9. The van der Waals surface area contributed by atoms with Gasteiger partial charge in [0.05, 0.1) is 13.7 Å². The highest BCUT2D eigenvalue weighted by atomic mass is 32.1. The summed E-state index contributed by atoms with van der Waals surface area (Å²) in [6, 6.07) is 0. The topological polar surface area (TPSA) is 88.5 Å². The summed E-state index contributed by atoms with van der Waals surface area (Å²) in [6.45, 7) is 0.171. The minimum atomic E-state index is -1.08. The van der Waals surface area contributed by atoms with Gasteiger partial charge in [-0.3, -0.25) is 0 Å². The van der Waals surface area contributed by atoms with Crippen LogP contribution in [-0.4, -0.2) is 29.3 Å². The average Bonchev–Trinajstić information content (AvgIpc) is 2.62. The Kier molecular flexibility index (Phi) is 3.41. The number of aromatic carboxylic acids is 1. The Hall–Kier alpha value is -1.63. The average molecular weight is 216 g/mol. The third-order valence-corrected chi connectivity index (χ3v) is 2.19. The number of thiazole rings is 1. The van der Waals surface area contributed by atoms with Gasteiger partial charge in [0.15, 0.2) is 5.69 Å². The SMILES string of the molecule is COC(=O)NCc1nc(C(=O)O)cs1. The van der Waals surface area contributed by atoms with Crippen molar-refractivity contribution in [2.75, 3.05) is 7.11 Å². The number of amides is 1. The van der Waals surface area contributed by atoms with E-state index in [-0.39, 0.29) is 12.2 Å². The standard InChI is InChI=1S/C7H8N2O4S/c1-13-7(12)8-2-5-9-4(3-14-5)6(10)11/h3H,2H2,1H3,(H,8,12)(H,10,11). The minimum absolute atomic E-state index is 0.0170. The van der Waals surface area contributed by atoms with Crippen LogP contribution in [0.25, 0.3) is 0 Å². The van der Waals surface area contributed by atoms with Crippen molar-refractivity contribution in [2.45, 2.75) is 6.54 Å². The van der Waals surface area contributed by atoms with Crippen molar-refractivity contribution < 1.29 is 19.4 Å². The second-order valence-electron chi connectivity index (χ2n) is 2.28. The number of hydrogen-bond donors (Lipinski definition) is 2. The maximum Gasteiger partial charge on any atom is 0.407 e. The first-order chi connectivity index (χ1) is 6.63. The molecule has 2 N–H and O–H groups in total. The van der Waals surface area contributed by atoms with Gasteiger partial charge < -0.3 is 15.2 Å². The number of ether oxygens (including phenoxy) is 1. The van der Waals surface area contributed by atoms with Crippen LogP contribution < -0.4 is 5.32 Å². The summed E-state index contributed by atoms with van der Waals surface area (Å²) >= 11 is 1.17. The first-order valence-electron chi connectivity index (χ1n) is 3.63. The molecule has 0 atom stereocenters. The molecule has 0 aromatic carbocycles. The zero-order valence-corrected chi connectivity index (χ0v) is 8.13. The second-order valence-corrected chi connectivity index (χ2v) is 3.22. The molecule has 7 heteroatoms. The highest BCUT2D eigenvalue weighted by Crippen LogP contribution is 2.09. The molecule has 14 heavy (non-hydrogen) atoms. The van der Waals surface area contributed by atoms with E-state index >= 15 is 0 Å². The van der Waals surface area contributed by atoms with Crippen LogP contribution in [0.1, 0.15) is 15.5 Å². The van der Waals surface area contributed by atoms with Crippen molar-refractivity contribution in [1.82, 2.24) is 10.3 Å². The third-order valence-electron chi connectivity index (χ3n) is 1.34. The van der Waals surface area contributed by atoms with Crippen molar-refractivity contribution in [2.24, 2.45) is 0 Å². The lowest BCUT2D eigenvalue weighted by Gasteiger charge is -1.99. The Morgan fingerprint density at radius 2 is 2.43 bits per heavy atom. The maximum absolute atomic E-state index is 10.7. The zero-order valence-electron chi connectivity index (χ0n) is 7.31. The van der Waals surface area contributed by atoms with Gasteiger partial charge in [-0.2, -0.15) is 0 Å². The number of carbonyl (C=O) groups excluding carboxylic acids is 1. The highest BCUT2D eigenvalue weighted by molar-refractivity contribution is 7.09. The van der Waals surface area contributed by atoms with Crippen molar-refractivity contribution in [3.05, 3.63) is 16.1 Å². The number of alkyl carbamates (subject to hydrolysis) is 1. The lowest BCUT2D eigenvalue weighted by atomic mass is 10.5. The molecule has 0 bridgehead atoms. The summed E-state index contributed by atoms with van der Waals surface area (Å²) < 4.78 is 4.34. The van der Waals surface area contributed by atoms with E-state index in [2.05, 4.69) is 15.0 Å². The number of carboxylic acid groups (broad SMARTS) is 1.